The zero-order valence-corrected chi connectivity index (χ0v) is 6.34. The molecule has 0 saturated carbocycles. The van der Waals surface area contributed by atoms with Gasteiger partial charge in [0.1, 0.15) is 0 Å². The van der Waals surface area contributed by atoms with Crippen molar-refractivity contribution in [2.45, 2.75) is 6.42 Å². The standard InChI is InChI=1S/C5H6.Ca.FH.2H/c1-2-4-5-3-1;;;;/h1-4H,5H2;;1H;;/q;+2;;2*-1. The van der Waals surface area contributed by atoms with Gasteiger partial charge in [0.25, 0.3) is 0 Å². The molecule has 7 heavy (non-hydrogen) atoms. The molecule has 0 aromatic rings. The Labute approximate surface area is 75.6 Å². The van der Waals surface area contributed by atoms with E-state index >= 15 is 0 Å². The van der Waals surface area contributed by atoms with E-state index in [-0.39, 0.29) is 45.3 Å². The van der Waals surface area contributed by atoms with Crippen molar-refractivity contribution in [1.82, 2.24) is 0 Å². The third-order valence-corrected chi connectivity index (χ3v) is 0.655. The predicted molar refractivity (Wildman–Crippen MR) is 33.4 cm³/mol. The smallest absolute Gasteiger partial charge is 1.00 e. The molecule has 1 aliphatic rings. The topological polar surface area (TPSA) is 0 Å². The monoisotopic (exact) mass is 128 g/mol. The Morgan fingerprint density at radius 2 is 1.57 bits per heavy atom. The summed E-state index contributed by atoms with van der Waals surface area (Å²) < 4.78 is 0. The average molecular weight is 128 g/mol. The van der Waals surface area contributed by atoms with Crippen LogP contribution < -0.4 is 0 Å². The van der Waals surface area contributed by atoms with Crippen LogP contribution in [0.4, 0.5) is 4.70 Å². The van der Waals surface area contributed by atoms with Crippen molar-refractivity contribution < 1.29 is 7.56 Å². The maximum Gasteiger partial charge on any atom is 2.00 e. The van der Waals surface area contributed by atoms with E-state index in [1.54, 1.807) is 0 Å². The first-order valence-corrected chi connectivity index (χ1v) is 1.82. The number of allylic oxidation sites excluding steroid dienone is 4. The molecule has 38 valence electrons. The van der Waals surface area contributed by atoms with Crippen molar-refractivity contribution >= 4 is 37.7 Å². The van der Waals surface area contributed by atoms with Gasteiger partial charge in [0, 0.05) is 0 Å². The average Bonchev–Trinajstić information content (AvgIpc) is 1.76. The Balaban J connectivity index is -0.0000000312. The van der Waals surface area contributed by atoms with Crippen molar-refractivity contribution in [1.29, 1.82) is 0 Å². The van der Waals surface area contributed by atoms with Crippen molar-refractivity contribution in [2.24, 2.45) is 0 Å². The number of hydrogen-bond acceptors (Lipinski definition) is 0. The van der Waals surface area contributed by atoms with Gasteiger partial charge in [-0.2, -0.15) is 0 Å². The van der Waals surface area contributed by atoms with Crippen LogP contribution in [0.3, 0.4) is 0 Å². The Hall–Kier alpha value is 0.670. The van der Waals surface area contributed by atoms with Crippen LogP contribution in [0, 0.1) is 0 Å². The summed E-state index contributed by atoms with van der Waals surface area (Å²) in [5.41, 5.74) is 0. The molecule has 0 N–H and O–H groups in total. The maximum atomic E-state index is 2.12. The van der Waals surface area contributed by atoms with Crippen LogP contribution in [0.2, 0.25) is 0 Å². The minimum absolute atomic E-state index is 0. The summed E-state index contributed by atoms with van der Waals surface area (Å²) >= 11 is 0. The van der Waals surface area contributed by atoms with Crippen molar-refractivity contribution in [2.75, 3.05) is 0 Å². The molecule has 0 aliphatic heterocycles. The van der Waals surface area contributed by atoms with Gasteiger partial charge in [-0.3, -0.25) is 4.70 Å². The van der Waals surface area contributed by atoms with Gasteiger partial charge in [-0.05, 0) is 6.42 Å². The molecule has 0 atom stereocenters. The number of halogens is 1. The molecular formula is C5H9CaF. The fraction of sp³-hybridized carbons (Fsp3) is 0.200. The Morgan fingerprint density at radius 1 is 1.14 bits per heavy atom. The van der Waals surface area contributed by atoms with E-state index < -0.39 is 0 Å². The SMILES string of the molecule is C1=CCC=C1.F.[Ca+2].[H-].[H-]. The summed E-state index contributed by atoms with van der Waals surface area (Å²) in [6.07, 6.45) is 9.50. The van der Waals surface area contributed by atoms with E-state index in [0.29, 0.717) is 0 Å². The zero-order valence-electron chi connectivity index (χ0n) is 6.13. The zero-order chi connectivity index (χ0) is 3.54. The minimum Gasteiger partial charge on any atom is -1.00 e. The second kappa shape index (κ2) is 6.67. The van der Waals surface area contributed by atoms with Crippen molar-refractivity contribution in [3.05, 3.63) is 24.3 Å². The maximum absolute atomic E-state index is 2.12. The van der Waals surface area contributed by atoms with E-state index in [1.165, 1.54) is 0 Å². The second-order valence-corrected chi connectivity index (χ2v) is 1.09. The first-order chi connectivity index (χ1) is 2.50. The molecule has 0 heterocycles. The van der Waals surface area contributed by atoms with Gasteiger partial charge >= 0.3 is 37.7 Å². The van der Waals surface area contributed by atoms with Crippen LogP contribution in [0.15, 0.2) is 24.3 Å². The fourth-order valence-corrected chi connectivity index (χ4v) is 0.393. The summed E-state index contributed by atoms with van der Waals surface area (Å²) in [7, 11) is 0. The molecule has 0 bridgehead atoms. The second-order valence-electron chi connectivity index (χ2n) is 1.09. The minimum atomic E-state index is 0. The van der Waals surface area contributed by atoms with Gasteiger partial charge in [-0.25, -0.2) is 0 Å². The molecule has 0 radical (unpaired) electrons. The van der Waals surface area contributed by atoms with E-state index in [2.05, 4.69) is 24.3 Å². The Morgan fingerprint density at radius 3 is 1.71 bits per heavy atom. The first kappa shape index (κ1) is 10.6. The van der Waals surface area contributed by atoms with Crippen molar-refractivity contribution in [3.63, 3.8) is 0 Å². The summed E-state index contributed by atoms with van der Waals surface area (Å²) in [6.45, 7) is 0. The van der Waals surface area contributed by atoms with Crippen LogP contribution >= 0.6 is 0 Å². The van der Waals surface area contributed by atoms with Gasteiger partial charge in [-0.1, -0.05) is 24.3 Å². The molecular weight excluding hydrogens is 119 g/mol. The van der Waals surface area contributed by atoms with Crippen LogP contribution in [0.1, 0.15) is 9.27 Å². The molecule has 0 aromatic carbocycles. The summed E-state index contributed by atoms with van der Waals surface area (Å²) in [5.74, 6) is 0. The van der Waals surface area contributed by atoms with Crippen molar-refractivity contribution in [3.8, 4) is 0 Å². The van der Waals surface area contributed by atoms with Crippen LogP contribution in [-0.4, -0.2) is 37.7 Å². The van der Waals surface area contributed by atoms with E-state index in [4.69, 9.17) is 0 Å². The summed E-state index contributed by atoms with van der Waals surface area (Å²) in [6, 6.07) is 0. The van der Waals surface area contributed by atoms with Crippen LogP contribution in [0.5, 0.6) is 0 Å². The third kappa shape index (κ3) is 4.52. The first-order valence-electron chi connectivity index (χ1n) is 1.82. The van der Waals surface area contributed by atoms with E-state index in [9.17, 15) is 0 Å². The van der Waals surface area contributed by atoms with Gasteiger partial charge < -0.3 is 2.85 Å². The molecule has 1 aliphatic carbocycles. The van der Waals surface area contributed by atoms with Gasteiger partial charge in [0.15, 0.2) is 0 Å². The molecule has 0 amide bonds. The predicted octanol–water partition coefficient (Wildman–Crippen LogP) is 1.50. The summed E-state index contributed by atoms with van der Waals surface area (Å²) in [4.78, 5) is 0. The molecule has 2 heteroatoms. The van der Waals surface area contributed by atoms with E-state index in [1.807, 2.05) is 0 Å². The Kier molecular flexibility index (Phi) is 10.1. The normalized spacial score (nSPS) is 12.6. The molecule has 0 unspecified atom stereocenters. The number of hydrogen-bond donors (Lipinski definition) is 0. The number of rotatable bonds is 0. The van der Waals surface area contributed by atoms with Gasteiger partial charge in [0.2, 0.25) is 0 Å². The third-order valence-electron chi connectivity index (χ3n) is 0.655. The quantitative estimate of drug-likeness (QED) is 0.434. The summed E-state index contributed by atoms with van der Waals surface area (Å²) in [5, 5.41) is 0. The molecule has 0 aromatic heterocycles. The van der Waals surface area contributed by atoms with Crippen LogP contribution in [0.25, 0.3) is 0 Å². The van der Waals surface area contributed by atoms with Crippen LogP contribution in [-0.2, 0) is 0 Å². The largest absolute Gasteiger partial charge is 2.00 e. The van der Waals surface area contributed by atoms with E-state index in [0.717, 1.165) is 6.42 Å². The molecule has 0 saturated heterocycles. The van der Waals surface area contributed by atoms with Gasteiger partial charge in [-0.15, -0.1) is 0 Å². The Bertz CT molecular complexity index is 73.0. The fourth-order valence-electron chi connectivity index (χ4n) is 0.393. The van der Waals surface area contributed by atoms with Gasteiger partial charge in [0.05, 0.1) is 0 Å². The molecule has 0 spiro atoms. The molecule has 1 rings (SSSR count). The molecule has 0 fully saturated rings. The molecule has 0 nitrogen and oxygen atoms in total.